The van der Waals surface area contributed by atoms with E-state index < -0.39 is 0 Å². The number of benzene rings is 1. The molecule has 0 aliphatic carbocycles. The molecule has 0 saturated carbocycles. The zero-order valence-electron chi connectivity index (χ0n) is 15.2. The lowest BCUT2D eigenvalue weighted by atomic mass is 10.1. The second-order valence-electron chi connectivity index (χ2n) is 6.60. The largest absolute Gasteiger partial charge is 0.378 e. The van der Waals surface area contributed by atoms with Gasteiger partial charge in [-0.1, -0.05) is 0 Å². The van der Waals surface area contributed by atoms with Gasteiger partial charge < -0.3 is 14.8 Å². The van der Waals surface area contributed by atoms with Gasteiger partial charge in [-0.3, -0.25) is 4.79 Å². The summed E-state index contributed by atoms with van der Waals surface area (Å²) in [4.78, 5) is 14.7. The number of anilines is 2. The average Bonchev–Trinajstić information content (AvgIpc) is 2.75. The van der Waals surface area contributed by atoms with Crippen LogP contribution in [0.4, 0.5) is 11.4 Å². The molecule has 1 aromatic carbocycles. The Morgan fingerprint density at radius 3 is 2.26 bits per heavy atom. The van der Waals surface area contributed by atoms with E-state index in [1.807, 2.05) is 53.1 Å². The van der Waals surface area contributed by atoms with Gasteiger partial charge in [-0.25, -0.2) is 0 Å². The van der Waals surface area contributed by atoms with E-state index in [0.29, 0.717) is 6.04 Å². The Morgan fingerprint density at radius 2 is 1.78 bits per heavy atom. The van der Waals surface area contributed by atoms with Crippen molar-refractivity contribution in [1.29, 1.82) is 0 Å². The summed E-state index contributed by atoms with van der Waals surface area (Å²) in [5, 5.41) is 3.04. The highest BCUT2D eigenvalue weighted by molar-refractivity contribution is 6.05. The lowest BCUT2D eigenvalue weighted by Crippen LogP contribution is -2.15. The maximum atomic E-state index is 12.7. The molecular formula is C19H27N3O. The molecule has 1 N–H and O–H groups in total. The standard InChI is InChI=1S/C19H27N3O/c1-12(2)22-14(4)11-17(15(22)5)19(23)20-18-9-8-16(21(6)7)10-13(18)3/h8-12H,1-7H3,(H,20,23). The Hall–Kier alpha value is -2.23. The molecule has 0 spiro atoms. The number of nitrogens with one attached hydrogen (secondary N) is 1. The van der Waals surface area contributed by atoms with E-state index in [-0.39, 0.29) is 5.91 Å². The van der Waals surface area contributed by atoms with E-state index in [1.54, 1.807) is 0 Å². The third-order valence-electron chi connectivity index (χ3n) is 4.22. The summed E-state index contributed by atoms with van der Waals surface area (Å²) >= 11 is 0. The van der Waals surface area contributed by atoms with Gasteiger partial charge in [0.15, 0.2) is 0 Å². The van der Waals surface area contributed by atoms with Gasteiger partial charge in [-0.15, -0.1) is 0 Å². The summed E-state index contributed by atoms with van der Waals surface area (Å²) < 4.78 is 2.19. The molecule has 0 unspecified atom stereocenters. The lowest BCUT2D eigenvalue weighted by Gasteiger charge is -2.16. The average molecular weight is 313 g/mol. The minimum atomic E-state index is -0.0503. The molecular weight excluding hydrogens is 286 g/mol. The predicted octanol–water partition coefficient (Wildman–Crippen LogP) is 4.31. The fraction of sp³-hybridized carbons (Fsp3) is 0.421. The monoisotopic (exact) mass is 313 g/mol. The maximum absolute atomic E-state index is 12.7. The minimum Gasteiger partial charge on any atom is -0.378 e. The van der Waals surface area contributed by atoms with Gasteiger partial charge in [-0.05, 0) is 64.4 Å². The Bertz CT molecular complexity index is 726. The highest BCUT2D eigenvalue weighted by Crippen LogP contribution is 2.24. The van der Waals surface area contributed by atoms with Crippen molar-refractivity contribution in [2.45, 2.75) is 40.7 Å². The molecule has 1 amide bonds. The van der Waals surface area contributed by atoms with Crippen LogP contribution in [-0.2, 0) is 0 Å². The van der Waals surface area contributed by atoms with E-state index in [1.165, 1.54) is 0 Å². The number of hydrogen-bond donors (Lipinski definition) is 1. The molecule has 0 atom stereocenters. The number of aromatic nitrogens is 1. The zero-order valence-corrected chi connectivity index (χ0v) is 15.2. The number of carbonyl (C=O) groups excluding carboxylic acids is 1. The summed E-state index contributed by atoms with van der Waals surface area (Å²) in [5.41, 5.74) is 5.91. The molecule has 0 bridgehead atoms. The van der Waals surface area contributed by atoms with Gasteiger partial charge in [0.1, 0.15) is 0 Å². The number of hydrogen-bond acceptors (Lipinski definition) is 2. The Morgan fingerprint density at radius 1 is 1.13 bits per heavy atom. The van der Waals surface area contributed by atoms with Gasteiger partial charge in [0.25, 0.3) is 5.91 Å². The normalized spacial score (nSPS) is 11.0. The van der Waals surface area contributed by atoms with Crippen molar-refractivity contribution in [1.82, 2.24) is 4.57 Å². The van der Waals surface area contributed by atoms with Gasteiger partial charge in [-0.2, -0.15) is 0 Å². The molecule has 1 aromatic heterocycles. The number of amides is 1. The van der Waals surface area contributed by atoms with Crippen molar-refractivity contribution < 1.29 is 4.79 Å². The molecule has 2 rings (SSSR count). The van der Waals surface area contributed by atoms with Crippen LogP contribution >= 0.6 is 0 Å². The summed E-state index contributed by atoms with van der Waals surface area (Å²) in [5.74, 6) is -0.0503. The van der Waals surface area contributed by atoms with Gasteiger partial charge in [0.2, 0.25) is 0 Å². The smallest absolute Gasteiger partial charge is 0.257 e. The van der Waals surface area contributed by atoms with Crippen molar-refractivity contribution >= 4 is 17.3 Å². The highest BCUT2D eigenvalue weighted by atomic mass is 16.1. The predicted molar refractivity (Wildman–Crippen MR) is 97.8 cm³/mol. The maximum Gasteiger partial charge on any atom is 0.257 e. The van der Waals surface area contributed by atoms with Gasteiger partial charge in [0.05, 0.1) is 5.56 Å². The summed E-state index contributed by atoms with van der Waals surface area (Å²) in [6.45, 7) is 10.3. The van der Waals surface area contributed by atoms with Crippen molar-refractivity contribution in [3.05, 3.63) is 46.8 Å². The van der Waals surface area contributed by atoms with Crippen molar-refractivity contribution in [3.63, 3.8) is 0 Å². The Kier molecular flexibility index (Phi) is 4.83. The topological polar surface area (TPSA) is 37.3 Å². The summed E-state index contributed by atoms with van der Waals surface area (Å²) in [7, 11) is 4.02. The first kappa shape index (κ1) is 17.1. The van der Waals surface area contributed by atoms with E-state index in [0.717, 1.165) is 33.9 Å². The van der Waals surface area contributed by atoms with Crippen LogP contribution in [0.1, 0.15) is 47.2 Å². The van der Waals surface area contributed by atoms with Crippen LogP contribution in [0.3, 0.4) is 0 Å². The molecule has 0 aliphatic heterocycles. The third-order valence-corrected chi connectivity index (χ3v) is 4.22. The van der Waals surface area contributed by atoms with Gasteiger partial charge >= 0.3 is 0 Å². The number of rotatable bonds is 4. The van der Waals surface area contributed by atoms with E-state index in [9.17, 15) is 4.79 Å². The molecule has 0 radical (unpaired) electrons. The highest BCUT2D eigenvalue weighted by Gasteiger charge is 2.17. The fourth-order valence-corrected chi connectivity index (χ4v) is 3.06. The zero-order chi connectivity index (χ0) is 17.3. The lowest BCUT2D eigenvalue weighted by molar-refractivity contribution is 0.102. The van der Waals surface area contributed by atoms with E-state index >= 15 is 0 Å². The van der Waals surface area contributed by atoms with Crippen LogP contribution in [0.5, 0.6) is 0 Å². The fourth-order valence-electron chi connectivity index (χ4n) is 3.06. The first-order valence-corrected chi connectivity index (χ1v) is 8.00. The third kappa shape index (κ3) is 3.41. The number of nitrogens with zero attached hydrogens (tertiary/aromatic N) is 2. The van der Waals surface area contributed by atoms with Crippen LogP contribution in [0.15, 0.2) is 24.3 Å². The van der Waals surface area contributed by atoms with Crippen LogP contribution in [0, 0.1) is 20.8 Å². The van der Waals surface area contributed by atoms with E-state index in [4.69, 9.17) is 0 Å². The molecule has 2 aromatic rings. The number of aryl methyl sites for hydroxylation is 2. The van der Waals surface area contributed by atoms with E-state index in [2.05, 4.69) is 34.7 Å². The van der Waals surface area contributed by atoms with Crippen LogP contribution in [0.25, 0.3) is 0 Å². The summed E-state index contributed by atoms with van der Waals surface area (Å²) in [6.07, 6.45) is 0. The SMILES string of the molecule is Cc1cc(N(C)C)ccc1NC(=O)c1cc(C)n(C(C)C)c1C. The van der Waals surface area contributed by atoms with Crippen molar-refractivity contribution in [2.75, 3.05) is 24.3 Å². The van der Waals surface area contributed by atoms with Crippen molar-refractivity contribution in [2.24, 2.45) is 0 Å². The van der Waals surface area contributed by atoms with Crippen LogP contribution in [0.2, 0.25) is 0 Å². The molecule has 4 heteroatoms. The summed E-state index contributed by atoms with van der Waals surface area (Å²) in [6, 6.07) is 8.36. The van der Waals surface area contributed by atoms with Crippen molar-refractivity contribution in [3.8, 4) is 0 Å². The molecule has 0 saturated heterocycles. The Balaban J connectivity index is 2.28. The Labute approximate surface area is 139 Å². The molecule has 124 valence electrons. The quantitative estimate of drug-likeness (QED) is 0.913. The van der Waals surface area contributed by atoms with Crippen LogP contribution in [-0.4, -0.2) is 24.6 Å². The molecule has 23 heavy (non-hydrogen) atoms. The van der Waals surface area contributed by atoms with Crippen LogP contribution < -0.4 is 10.2 Å². The number of carbonyl (C=O) groups is 1. The molecule has 0 fully saturated rings. The molecule has 0 aliphatic rings. The second kappa shape index (κ2) is 6.49. The molecule has 1 heterocycles. The minimum absolute atomic E-state index is 0.0503. The first-order valence-electron chi connectivity index (χ1n) is 8.00. The first-order chi connectivity index (χ1) is 10.7. The van der Waals surface area contributed by atoms with Gasteiger partial charge in [0, 0.05) is 42.9 Å². The molecule has 4 nitrogen and oxygen atoms in total. The second-order valence-corrected chi connectivity index (χ2v) is 6.60.